The largest absolute Gasteiger partial charge is 0.464 e. The van der Waals surface area contributed by atoms with Crippen LogP contribution in [0.1, 0.15) is 47.9 Å². The molecular weight excluding hydrogens is 420 g/mol. The highest BCUT2D eigenvalue weighted by atomic mass is 32.1. The highest BCUT2D eigenvalue weighted by molar-refractivity contribution is 7.14. The Labute approximate surface area is 183 Å². The van der Waals surface area contributed by atoms with Crippen LogP contribution in [0.15, 0.2) is 29.6 Å². The number of ether oxygens (including phenoxy) is 1. The number of hydrogen-bond donors (Lipinski definition) is 2. The van der Waals surface area contributed by atoms with Gasteiger partial charge >= 0.3 is 12.0 Å². The monoisotopic (exact) mass is 444 g/mol. The van der Waals surface area contributed by atoms with E-state index in [2.05, 4.69) is 20.4 Å². The molecule has 2 atom stereocenters. The van der Waals surface area contributed by atoms with Crippen LogP contribution in [0.4, 0.5) is 9.93 Å². The second kappa shape index (κ2) is 9.25. The summed E-state index contributed by atoms with van der Waals surface area (Å²) in [5, 5.41) is 6.93. The van der Waals surface area contributed by atoms with E-state index in [1.54, 1.807) is 12.1 Å². The molecule has 1 aromatic heterocycles. The van der Waals surface area contributed by atoms with Crippen molar-refractivity contribution < 1.29 is 23.9 Å². The van der Waals surface area contributed by atoms with E-state index < -0.39 is 35.9 Å². The number of aryl methyl sites for hydroxylation is 1. The van der Waals surface area contributed by atoms with Gasteiger partial charge in [-0.15, -0.1) is 11.3 Å². The first kappa shape index (κ1) is 22.4. The highest BCUT2D eigenvalue weighted by Crippen LogP contribution is 2.27. The summed E-state index contributed by atoms with van der Waals surface area (Å²) in [4.78, 5) is 55.4. The lowest BCUT2D eigenvalue weighted by molar-refractivity contribution is -0.134. The maximum Gasteiger partial charge on any atom is 0.357 e. The molecule has 10 heteroatoms. The molecule has 4 amide bonds. The fraction of sp³-hybridized carbons (Fsp3) is 0.381. The standard InChI is InChI=1S/C21H24N4O5S/c1-11(2)9-15(17(26)24-20-22-14(10-31-20)19(28)30-4)25-18(27)16(23-21(25)29)13-7-5-12(3)6-8-13/h5-8,10-11,15-16H,9H2,1-4H3,(H,23,29)(H,22,24,26)/t15-,16?/m0/s1. The SMILES string of the molecule is COC(=O)c1csc(NC(=O)[C@H](CC(C)C)N2C(=O)NC(c3ccc(C)cc3)C2=O)n1. The van der Waals surface area contributed by atoms with Gasteiger partial charge in [0, 0.05) is 5.38 Å². The summed E-state index contributed by atoms with van der Waals surface area (Å²) in [6.45, 7) is 5.72. The number of nitrogens with one attached hydrogen (secondary N) is 2. The minimum atomic E-state index is -1.02. The summed E-state index contributed by atoms with van der Waals surface area (Å²) < 4.78 is 4.61. The molecule has 2 N–H and O–H groups in total. The quantitative estimate of drug-likeness (QED) is 0.501. The van der Waals surface area contributed by atoms with Crippen LogP contribution < -0.4 is 10.6 Å². The predicted molar refractivity (Wildman–Crippen MR) is 115 cm³/mol. The summed E-state index contributed by atoms with van der Waals surface area (Å²) in [5.41, 5.74) is 1.75. The lowest BCUT2D eigenvalue weighted by Crippen LogP contribution is -2.48. The number of anilines is 1. The van der Waals surface area contributed by atoms with E-state index in [1.807, 2.05) is 32.9 Å². The minimum Gasteiger partial charge on any atom is -0.464 e. The van der Waals surface area contributed by atoms with Gasteiger partial charge in [-0.05, 0) is 24.8 Å². The number of aromatic nitrogens is 1. The molecule has 1 aliphatic rings. The highest BCUT2D eigenvalue weighted by Gasteiger charge is 2.45. The molecule has 1 aliphatic heterocycles. The molecule has 0 spiro atoms. The van der Waals surface area contributed by atoms with Gasteiger partial charge in [0.05, 0.1) is 7.11 Å². The molecule has 0 saturated carbocycles. The number of benzene rings is 1. The molecule has 1 saturated heterocycles. The third-order valence-corrected chi connectivity index (χ3v) is 5.58. The summed E-state index contributed by atoms with van der Waals surface area (Å²) in [6, 6.07) is 4.79. The van der Waals surface area contributed by atoms with E-state index in [0.29, 0.717) is 5.56 Å². The number of methoxy groups -OCH3 is 1. The van der Waals surface area contributed by atoms with Crippen LogP contribution >= 0.6 is 11.3 Å². The molecule has 1 unspecified atom stereocenters. The van der Waals surface area contributed by atoms with Gasteiger partial charge in [0.2, 0.25) is 5.91 Å². The van der Waals surface area contributed by atoms with E-state index in [0.717, 1.165) is 21.8 Å². The summed E-state index contributed by atoms with van der Waals surface area (Å²) in [5.74, 6) is -1.61. The van der Waals surface area contributed by atoms with Crippen LogP contribution in [-0.4, -0.2) is 46.9 Å². The number of imide groups is 1. The molecule has 31 heavy (non-hydrogen) atoms. The summed E-state index contributed by atoms with van der Waals surface area (Å²) in [7, 11) is 1.24. The predicted octanol–water partition coefficient (Wildman–Crippen LogP) is 2.88. The number of urea groups is 1. The number of thiazole rings is 1. The lowest BCUT2D eigenvalue weighted by atomic mass is 10.0. The molecule has 1 fully saturated rings. The Hall–Kier alpha value is -3.27. The Morgan fingerprint density at radius 2 is 1.94 bits per heavy atom. The van der Waals surface area contributed by atoms with Crippen molar-refractivity contribution in [1.29, 1.82) is 0 Å². The Balaban J connectivity index is 1.82. The van der Waals surface area contributed by atoms with Crippen molar-refractivity contribution >= 4 is 40.3 Å². The van der Waals surface area contributed by atoms with Crippen LogP contribution in [0.3, 0.4) is 0 Å². The third kappa shape index (κ3) is 4.91. The van der Waals surface area contributed by atoms with E-state index in [1.165, 1.54) is 12.5 Å². The van der Waals surface area contributed by atoms with Crippen LogP contribution in [0.2, 0.25) is 0 Å². The van der Waals surface area contributed by atoms with Crippen molar-refractivity contribution in [3.63, 3.8) is 0 Å². The van der Waals surface area contributed by atoms with Crippen LogP contribution in [0.5, 0.6) is 0 Å². The fourth-order valence-corrected chi connectivity index (χ4v) is 3.95. The van der Waals surface area contributed by atoms with Gasteiger partial charge in [0.25, 0.3) is 5.91 Å². The Bertz CT molecular complexity index is 1000. The number of hydrogen-bond acceptors (Lipinski definition) is 7. The van der Waals surface area contributed by atoms with Crippen molar-refractivity contribution in [2.24, 2.45) is 5.92 Å². The van der Waals surface area contributed by atoms with Crippen molar-refractivity contribution in [2.75, 3.05) is 12.4 Å². The Kier molecular flexibility index (Phi) is 6.69. The molecule has 164 valence electrons. The molecular formula is C21H24N4O5S. The molecule has 9 nitrogen and oxygen atoms in total. The van der Waals surface area contributed by atoms with E-state index in [9.17, 15) is 19.2 Å². The maximum absolute atomic E-state index is 13.1. The normalized spacial score (nSPS) is 16.9. The molecule has 0 radical (unpaired) electrons. The number of rotatable bonds is 7. The van der Waals surface area contributed by atoms with Gasteiger partial charge in [0.15, 0.2) is 10.8 Å². The molecule has 1 aromatic carbocycles. The van der Waals surface area contributed by atoms with Crippen molar-refractivity contribution in [3.8, 4) is 0 Å². The van der Waals surface area contributed by atoms with Gasteiger partial charge in [-0.3, -0.25) is 9.59 Å². The third-order valence-electron chi connectivity index (χ3n) is 4.82. The van der Waals surface area contributed by atoms with Crippen molar-refractivity contribution in [2.45, 2.75) is 39.3 Å². The van der Waals surface area contributed by atoms with Gasteiger partial charge in [-0.25, -0.2) is 19.5 Å². The summed E-state index contributed by atoms with van der Waals surface area (Å²) in [6.07, 6.45) is 0.279. The zero-order valence-electron chi connectivity index (χ0n) is 17.7. The Morgan fingerprint density at radius 3 is 2.55 bits per heavy atom. The topological polar surface area (TPSA) is 118 Å². The maximum atomic E-state index is 13.1. The zero-order chi connectivity index (χ0) is 22.7. The van der Waals surface area contributed by atoms with E-state index in [-0.39, 0.29) is 23.2 Å². The van der Waals surface area contributed by atoms with Gasteiger partial charge in [0.1, 0.15) is 12.1 Å². The van der Waals surface area contributed by atoms with Gasteiger partial charge < -0.3 is 15.4 Å². The first-order valence-electron chi connectivity index (χ1n) is 9.76. The number of carbonyl (C=O) groups excluding carboxylic acids is 4. The lowest BCUT2D eigenvalue weighted by Gasteiger charge is -2.25. The van der Waals surface area contributed by atoms with Crippen LogP contribution in [0, 0.1) is 12.8 Å². The second-order valence-corrected chi connectivity index (χ2v) is 8.52. The molecule has 3 rings (SSSR count). The van der Waals surface area contributed by atoms with Gasteiger partial charge in [-0.2, -0.15) is 0 Å². The zero-order valence-corrected chi connectivity index (χ0v) is 18.5. The number of amides is 4. The molecule has 2 heterocycles. The first-order valence-corrected chi connectivity index (χ1v) is 10.6. The molecule has 0 aliphatic carbocycles. The molecule has 2 aromatic rings. The average Bonchev–Trinajstić information content (AvgIpc) is 3.30. The smallest absolute Gasteiger partial charge is 0.357 e. The fourth-order valence-electron chi connectivity index (χ4n) is 3.27. The van der Waals surface area contributed by atoms with Crippen LogP contribution in [0.25, 0.3) is 0 Å². The Morgan fingerprint density at radius 1 is 1.26 bits per heavy atom. The number of esters is 1. The van der Waals surface area contributed by atoms with Crippen LogP contribution in [-0.2, 0) is 14.3 Å². The minimum absolute atomic E-state index is 0.0386. The average molecular weight is 445 g/mol. The number of carbonyl (C=O) groups is 4. The summed E-state index contributed by atoms with van der Waals surface area (Å²) >= 11 is 1.05. The first-order chi connectivity index (χ1) is 14.7. The van der Waals surface area contributed by atoms with Crippen molar-refractivity contribution in [1.82, 2.24) is 15.2 Å². The van der Waals surface area contributed by atoms with Crippen molar-refractivity contribution in [3.05, 3.63) is 46.5 Å². The number of nitrogens with zero attached hydrogens (tertiary/aromatic N) is 2. The van der Waals surface area contributed by atoms with E-state index in [4.69, 9.17) is 0 Å². The second-order valence-electron chi connectivity index (χ2n) is 7.67. The van der Waals surface area contributed by atoms with Gasteiger partial charge in [-0.1, -0.05) is 43.7 Å². The van der Waals surface area contributed by atoms with E-state index >= 15 is 0 Å². The molecule has 0 bridgehead atoms.